The molecule has 0 aliphatic heterocycles. The summed E-state index contributed by atoms with van der Waals surface area (Å²) in [6.45, 7) is 0. The van der Waals surface area contributed by atoms with Crippen molar-refractivity contribution in [3.63, 3.8) is 0 Å². The second-order valence-corrected chi connectivity index (χ2v) is 2.54. The standard InChI is InChI=1S/C9H5N5O2/c10-4-12-8(15)6-2-1-3-7(14-6)9(16)13-5-11/h1-3H,(H,12,15)(H,13,16). The van der Waals surface area contributed by atoms with Crippen LogP contribution in [0.25, 0.3) is 0 Å². The van der Waals surface area contributed by atoms with E-state index in [1.165, 1.54) is 30.6 Å². The van der Waals surface area contributed by atoms with Gasteiger partial charge in [0.15, 0.2) is 12.4 Å². The molecule has 0 aliphatic carbocycles. The van der Waals surface area contributed by atoms with E-state index in [-0.39, 0.29) is 11.4 Å². The monoisotopic (exact) mass is 215 g/mol. The van der Waals surface area contributed by atoms with Crippen molar-refractivity contribution in [2.45, 2.75) is 0 Å². The Kier molecular flexibility index (Phi) is 3.54. The number of carbonyl (C=O) groups excluding carboxylic acids is 2. The Balaban J connectivity index is 2.97. The Bertz CT molecular complexity index is 468. The van der Waals surface area contributed by atoms with Gasteiger partial charge in [0.1, 0.15) is 11.4 Å². The Labute approximate surface area is 90.3 Å². The highest BCUT2D eigenvalue weighted by Crippen LogP contribution is 1.99. The van der Waals surface area contributed by atoms with Crippen molar-refractivity contribution < 1.29 is 9.59 Å². The summed E-state index contributed by atoms with van der Waals surface area (Å²) in [5.41, 5.74) is -0.153. The molecule has 0 radical (unpaired) electrons. The molecule has 0 spiro atoms. The molecule has 0 bridgehead atoms. The minimum Gasteiger partial charge on any atom is -0.266 e. The van der Waals surface area contributed by atoms with Gasteiger partial charge in [-0.05, 0) is 12.1 Å². The third-order valence-corrected chi connectivity index (χ3v) is 1.55. The van der Waals surface area contributed by atoms with E-state index in [4.69, 9.17) is 10.5 Å². The molecule has 2 N–H and O–H groups in total. The minimum absolute atomic E-state index is 0.0767. The molecule has 0 saturated carbocycles. The highest BCUT2D eigenvalue weighted by molar-refractivity contribution is 5.97. The molecule has 78 valence electrons. The number of rotatable bonds is 2. The average molecular weight is 215 g/mol. The van der Waals surface area contributed by atoms with Gasteiger partial charge in [-0.1, -0.05) is 6.07 Å². The molecule has 2 amide bonds. The maximum atomic E-state index is 11.2. The number of hydrogen-bond acceptors (Lipinski definition) is 5. The first-order valence-corrected chi connectivity index (χ1v) is 4.05. The zero-order chi connectivity index (χ0) is 12.0. The van der Waals surface area contributed by atoms with Crippen LogP contribution in [0.15, 0.2) is 18.2 Å². The molecule has 16 heavy (non-hydrogen) atoms. The number of nitriles is 2. The van der Waals surface area contributed by atoms with Gasteiger partial charge in [-0.2, -0.15) is 10.5 Å². The Morgan fingerprint density at radius 2 is 1.50 bits per heavy atom. The highest BCUT2D eigenvalue weighted by atomic mass is 16.2. The van der Waals surface area contributed by atoms with Gasteiger partial charge in [0.05, 0.1) is 0 Å². The van der Waals surface area contributed by atoms with E-state index in [0.717, 1.165) is 0 Å². The molecule has 0 fully saturated rings. The molecule has 1 aromatic rings. The number of nitrogens with one attached hydrogen (secondary N) is 2. The topological polar surface area (TPSA) is 119 Å². The van der Waals surface area contributed by atoms with Gasteiger partial charge < -0.3 is 0 Å². The summed E-state index contributed by atoms with van der Waals surface area (Å²) >= 11 is 0. The first kappa shape index (κ1) is 11.1. The fourth-order valence-electron chi connectivity index (χ4n) is 0.917. The minimum atomic E-state index is -0.714. The largest absolute Gasteiger partial charge is 0.282 e. The van der Waals surface area contributed by atoms with Crippen LogP contribution in [0.3, 0.4) is 0 Å². The average Bonchev–Trinajstić information content (AvgIpc) is 2.30. The van der Waals surface area contributed by atoms with Crippen LogP contribution in [0.5, 0.6) is 0 Å². The van der Waals surface area contributed by atoms with Crippen LogP contribution in [0.1, 0.15) is 21.0 Å². The maximum Gasteiger partial charge on any atom is 0.282 e. The fourth-order valence-corrected chi connectivity index (χ4v) is 0.917. The SMILES string of the molecule is N#CNC(=O)c1cccc(C(=O)NC#N)n1. The van der Waals surface area contributed by atoms with Gasteiger partial charge in [-0.15, -0.1) is 0 Å². The zero-order valence-electron chi connectivity index (χ0n) is 7.89. The predicted molar refractivity (Wildman–Crippen MR) is 50.4 cm³/mol. The molecule has 0 aromatic carbocycles. The summed E-state index contributed by atoms with van der Waals surface area (Å²) < 4.78 is 0. The number of carbonyl (C=O) groups is 2. The first-order valence-electron chi connectivity index (χ1n) is 4.05. The third-order valence-electron chi connectivity index (χ3n) is 1.55. The summed E-state index contributed by atoms with van der Waals surface area (Å²) in [7, 11) is 0. The number of aromatic nitrogens is 1. The van der Waals surface area contributed by atoms with Crippen molar-refractivity contribution in [3.05, 3.63) is 29.6 Å². The molecule has 1 aromatic heterocycles. The molecular weight excluding hydrogens is 210 g/mol. The van der Waals surface area contributed by atoms with Crippen LogP contribution >= 0.6 is 0 Å². The van der Waals surface area contributed by atoms with Crippen molar-refractivity contribution in [3.8, 4) is 12.4 Å². The molecule has 0 atom stereocenters. The van der Waals surface area contributed by atoms with Gasteiger partial charge in [0, 0.05) is 0 Å². The van der Waals surface area contributed by atoms with Gasteiger partial charge in [-0.3, -0.25) is 20.2 Å². The lowest BCUT2D eigenvalue weighted by Crippen LogP contribution is -2.23. The lowest BCUT2D eigenvalue weighted by atomic mass is 10.3. The Morgan fingerprint density at radius 3 is 1.88 bits per heavy atom. The van der Waals surface area contributed by atoms with Crippen molar-refractivity contribution in [2.24, 2.45) is 0 Å². The predicted octanol–water partition coefficient (Wildman–Crippen LogP) is -0.497. The van der Waals surface area contributed by atoms with E-state index in [9.17, 15) is 9.59 Å². The number of nitrogens with zero attached hydrogens (tertiary/aromatic N) is 3. The van der Waals surface area contributed by atoms with E-state index >= 15 is 0 Å². The van der Waals surface area contributed by atoms with Crippen LogP contribution in [-0.4, -0.2) is 16.8 Å². The van der Waals surface area contributed by atoms with Crippen molar-refractivity contribution >= 4 is 11.8 Å². The second-order valence-electron chi connectivity index (χ2n) is 2.54. The first-order chi connectivity index (χ1) is 7.69. The lowest BCUT2D eigenvalue weighted by molar-refractivity contribution is 0.0964. The van der Waals surface area contributed by atoms with Crippen molar-refractivity contribution in [1.82, 2.24) is 15.6 Å². The van der Waals surface area contributed by atoms with Crippen LogP contribution in [0.2, 0.25) is 0 Å². The molecule has 7 heteroatoms. The maximum absolute atomic E-state index is 11.2. The zero-order valence-corrected chi connectivity index (χ0v) is 7.89. The summed E-state index contributed by atoms with van der Waals surface area (Å²) in [4.78, 5) is 26.1. The van der Waals surface area contributed by atoms with Gasteiger partial charge in [-0.25, -0.2) is 4.98 Å². The Morgan fingerprint density at radius 1 is 1.06 bits per heavy atom. The van der Waals surface area contributed by atoms with Gasteiger partial charge >= 0.3 is 0 Å². The van der Waals surface area contributed by atoms with Crippen molar-refractivity contribution in [1.29, 1.82) is 10.5 Å². The quantitative estimate of drug-likeness (QED) is 0.509. The molecule has 0 unspecified atom stereocenters. The summed E-state index contributed by atoms with van der Waals surface area (Å²) in [5.74, 6) is -1.43. The van der Waals surface area contributed by atoms with E-state index in [1.54, 1.807) is 0 Å². The van der Waals surface area contributed by atoms with Crippen molar-refractivity contribution in [2.75, 3.05) is 0 Å². The fraction of sp³-hybridized carbons (Fsp3) is 0. The number of pyridine rings is 1. The van der Waals surface area contributed by atoms with Gasteiger partial charge in [0.25, 0.3) is 11.8 Å². The van der Waals surface area contributed by atoms with E-state index in [2.05, 4.69) is 4.98 Å². The van der Waals surface area contributed by atoms with Crippen LogP contribution in [0, 0.1) is 22.9 Å². The molecule has 7 nitrogen and oxygen atoms in total. The van der Waals surface area contributed by atoms with Gasteiger partial charge in [0.2, 0.25) is 0 Å². The van der Waals surface area contributed by atoms with Crippen LogP contribution in [-0.2, 0) is 0 Å². The third kappa shape index (κ3) is 2.53. The van der Waals surface area contributed by atoms with E-state index in [1.807, 2.05) is 10.6 Å². The Hall–Kier alpha value is -2.93. The molecule has 1 heterocycles. The summed E-state index contributed by atoms with van der Waals surface area (Å²) in [5, 5.41) is 20.2. The van der Waals surface area contributed by atoms with E-state index in [0.29, 0.717) is 0 Å². The number of amides is 2. The molecular formula is C9H5N5O2. The number of hydrogen-bond donors (Lipinski definition) is 2. The summed E-state index contributed by atoms with van der Waals surface area (Å²) in [6.07, 6.45) is 2.89. The normalized spacial score (nSPS) is 8.38. The molecule has 0 saturated heterocycles. The smallest absolute Gasteiger partial charge is 0.266 e. The second kappa shape index (κ2) is 5.08. The van der Waals surface area contributed by atoms with E-state index < -0.39 is 11.8 Å². The van der Waals surface area contributed by atoms with Crippen LogP contribution < -0.4 is 10.6 Å². The highest BCUT2D eigenvalue weighted by Gasteiger charge is 2.11. The summed E-state index contributed by atoms with van der Waals surface area (Å²) in [6, 6.07) is 4.11. The molecule has 0 aliphatic rings. The van der Waals surface area contributed by atoms with Crippen LogP contribution in [0.4, 0.5) is 0 Å². The molecule has 1 rings (SSSR count). The lowest BCUT2D eigenvalue weighted by Gasteiger charge is -1.99.